The van der Waals surface area contributed by atoms with Crippen LogP contribution >= 0.6 is 12.2 Å². The van der Waals surface area contributed by atoms with E-state index in [9.17, 15) is 5.11 Å². The third kappa shape index (κ3) is 4.46. The van der Waals surface area contributed by atoms with E-state index in [1.54, 1.807) is 12.1 Å². The first-order chi connectivity index (χ1) is 10.6. The van der Waals surface area contributed by atoms with E-state index in [4.69, 9.17) is 17.0 Å². The predicted octanol–water partition coefficient (Wildman–Crippen LogP) is 2.46. The quantitative estimate of drug-likeness (QED) is 0.606. The number of phenols is 1. The lowest BCUT2D eigenvalue weighted by Gasteiger charge is -2.10. The first-order valence-corrected chi connectivity index (χ1v) is 7.60. The van der Waals surface area contributed by atoms with Gasteiger partial charge in [-0.05, 0) is 31.0 Å². The van der Waals surface area contributed by atoms with E-state index >= 15 is 0 Å². The van der Waals surface area contributed by atoms with Crippen molar-refractivity contribution in [3.05, 3.63) is 42.0 Å². The summed E-state index contributed by atoms with van der Waals surface area (Å²) in [5.74, 6) is 0.608. The molecule has 0 aliphatic carbocycles. The van der Waals surface area contributed by atoms with Crippen molar-refractivity contribution in [1.82, 2.24) is 14.9 Å². The SMILES string of the molecule is COc1ccc(CC(=S)NCCCn2cncc2C)cc1O. The second-order valence-electron chi connectivity index (χ2n) is 5.11. The van der Waals surface area contributed by atoms with Crippen LogP contribution in [0.3, 0.4) is 0 Å². The molecule has 0 atom stereocenters. The number of phenolic OH excluding ortho intramolecular Hbond substituents is 1. The summed E-state index contributed by atoms with van der Waals surface area (Å²) in [5, 5.41) is 13.0. The fraction of sp³-hybridized carbons (Fsp3) is 0.375. The number of nitrogens with zero attached hydrogens (tertiary/aromatic N) is 2. The Morgan fingerprint density at radius 3 is 2.91 bits per heavy atom. The molecular weight excluding hydrogens is 298 g/mol. The molecule has 0 amide bonds. The molecule has 0 unspecified atom stereocenters. The molecular formula is C16H21N3O2S. The molecule has 2 N–H and O–H groups in total. The molecule has 0 bridgehead atoms. The van der Waals surface area contributed by atoms with Crippen LogP contribution in [0, 0.1) is 6.92 Å². The number of hydrogen-bond donors (Lipinski definition) is 2. The van der Waals surface area contributed by atoms with E-state index in [2.05, 4.69) is 14.9 Å². The van der Waals surface area contributed by atoms with Gasteiger partial charge in [0.2, 0.25) is 0 Å². The number of aryl methyl sites for hydroxylation is 2. The van der Waals surface area contributed by atoms with Gasteiger partial charge < -0.3 is 19.7 Å². The van der Waals surface area contributed by atoms with Crippen LogP contribution in [0.25, 0.3) is 0 Å². The van der Waals surface area contributed by atoms with E-state index in [0.717, 1.165) is 35.8 Å². The number of ether oxygens (including phenoxy) is 1. The van der Waals surface area contributed by atoms with Gasteiger partial charge >= 0.3 is 0 Å². The van der Waals surface area contributed by atoms with Crippen LogP contribution in [0.15, 0.2) is 30.7 Å². The number of hydrogen-bond acceptors (Lipinski definition) is 4. The van der Waals surface area contributed by atoms with Gasteiger partial charge in [0, 0.05) is 31.4 Å². The van der Waals surface area contributed by atoms with Gasteiger partial charge in [0.1, 0.15) is 0 Å². The summed E-state index contributed by atoms with van der Waals surface area (Å²) >= 11 is 5.34. The molecule has 118 valence electrons. The Hall–Kier alpha value is -2.08. The van der Waals surface area contributed by atoms with Gasteiger partial charge in [0.05, 0.1) is 18.4 Å². The van der Waals surface area contributed by atoms with Gasteiger partial charge in [-0.15, -0.1) is 0 Å². The van der Waals surface area contributed by atoms with E-state index < -0.39 is 0 Å². The maximum atomic E-state index is 9.75. The average molecular weight is 319 g/mol. The topological polar surface area (TPSA) is 59.3 Å². The molecule has 0 fully saturated rings. The minimum Gasteiger partial charge on any atom is -0.504 e. The Bertz CT molecular complexity index is 640. The van der Waals surface area contributed by atoms with Gasteiger partial charge in [-0.1, -0.05) is 18.3 Å². The minimum absolute atomic E-state index is 0.137. The fourth-order valence-electron chi connectivity index (χ4n) is 2.19. The van der Waals surface area contributed by atoms with Crippen molar-refractivity contribution in [2.24, 2.45) is 0 Å². The van der Waals surface area contributed by atoms with Crippen molar-refractivity contribution in [3.8, 4) is 11.5 Å². The van der Waals surface area contributed by atoms with Gasteiger partial charge in [-0.25, -0.2) is 4.98 Å². The number of imidazole rings is 1. The number of aromatic nitrogens is 2. The molecule has 1 aromatic carbocycles. The minimum atomic E-state index is 0.137. The third-order valence-corrected chi connectivity index (χ3v) is 3.72. The Kier molecular flexibility index (Phi) is 5.77. The number of nitrogens with one attached hydrogen (secondary N) is 1. The van der Waals surface area contributed by atoms with Crippen molar-refractivity contribution < 1.29 is 9.84 Å². The van der Waals surface area contributed by atoms with Gasteiger partial charge in [0.25, 0.3) is 0 Å². The smallest absolute Gasteiger partial charge is 0.160 e. The highest BCUT2D eigenvalue weighted by Gasteiger charge is 2.05. The second kappa shape index (κ2) is 7.79. The Labute approximate surface area is 135 Å². The first-order valence-electron chi connectivity index (χ1n) is 7.19. The van der Waals surface area contributed by atoms with Gasteiger partial charge in [-0.3, -0.25) is 0 Å². The summed E-state index contributed by atoms with van der Waals surface area (Å²) in [6, 6.07) is 5.33. The van der Waals surface area contributed by atoms with E-state index in [0.29, 0.717) is 12.2 Å². The van der Waals surface area contributed by atoms with Crippen LogP contribution in [0.2, 0.25) is 0 Å². The molecule has 0 aliphatic heterocycles. The Morgan fingerprint density at radius 1 is 1.45 bits per heavy atom. The molecule has 2 aromatic rings. The van der Waals surface area contributed by atoms with Crippen LogP contribution in [0.5, 0.6) is 11.5 Å². The fourth-order valence-corrected chi connectivity index (χ4v) is 2.46. The number of methoxy groups -OCH3 is 1. The molecule has 22 heavy (non-hydrogen) atoms. The molecule has 6 heteroatoms. The number of thiocarbonyl (C=S) groups is 1. The molecule has 5 nitrogen and oxygen atoms in total. The lowest BCUT2D eigenvalue weighted by Crippen LogP contribution is -2.25. The normalized spacial score (nSPS) is 10.5. The van der Waals surface area contributed by atoms with Crippen molar-refractivity contribution in [3.63, 3.8) is 0 Å². The van der Waals surface area contributed by atoms with E-state index in [1.165, 1.54) is 7.11 Å². The zero-order valence-electron chi connectivity index (χ0n) is 12.9. The maximum Gasteiger partial charge on any atom is 0.160 e. The Morgan fingerprint density at radius 2 is 2.27 bits per heavy atom. The Balaban J connectivity index is 1.74. The van der Waals surface area contributed by atoms with Crippen molar-refractivity contribution in [2.75, 3.05) is 13.7 Å². The van der Waals surface area contributed by atoms with Crippen LogP contribution < -0.4 is 10.1 Å². The summed E-state index contributed by atoms with van der Waals surface area (Å²) < 4.78 is 7.14. The van der Waals surface area contributed by atoms with E-state index in [1.807, 2.05) is 25.5 Å². The van der Waals surface area contributed by atoms with Gasteiger partial charge in [-0.2, -0.15) is 0 Å². The molecule has 1 aromatic heterocycles. The lowest BCUT2D eigenvalue weighted by atomic mass is 10.1. The van der Waals surface area contributed by atoms with Crippen LogP contribution in [0.4, 0.5) is 0 Å². The van der Waals surface area contributed by atoms with Crippen molar-refractivity contribution in [2.45, 2.75) is 26.3 Å². The first kappa shape index (κ1) is 16.3. The summed E-state index contributed by atoms with van der Waals surface area (Å²) in [5.41, 5.74) is 2.12. The summed E-state index contributed by atoms with van der Waals surface area (Å²) in [7, 11) is 1.53. The monoisotopic (exact) mass is 319 g/mol. The lowest BCUT2D eigenvalue weighted by molar-refractivity contribution is 0.373. The predicted molar refractivity (Wildman–Crippen MR) is 90.5 cm³/mol. The average Bonchev–Trinajstić information content (AvgIpc) is 2.89. The molecule has 1 heterocycles. The molecule has 0 saturated heterocycles. The number of aromatic hydroxyl groups is 1. The van der Waals surface area contributed by atoms with Crippen molar-refractivity contribution >= 4 is 17.2 Å². The molecule has 0 radical (unpaired) electrons. The van der Waals surface area contributed by atoms with Crippen LogP contribution in [-0.4, -0.2) is 33.3 Å². The zero-order valence-corrected chi connectivity index (χ0v) is 13.7. The third-order valence-electron chi connectivity index (χ3n) is 3.43. The summed E-state index contributed by atoms with van der Waals surface area (Å²) in [6.07, 6.45) is 5.28. The van der Waals surface area contributed by atoms with E-state index in [-0.39, 0.29) is 5.75 Å². The number of benzene rings is 1. The molecule has 0 saturated carbocycles. The highest BCUT2D eigenvalue weighted by atomic mass is 32.1. The zero-order chi connectivity index (χ0) is 15.9. The summed E-state index contributed by atoms with van der Waals surface area (Å²) in [4.78, 5) is 4.87. The molecule has 0 spiro atoms. The maximum absolute atomic E-state index is 9.75. The largest absolute Gasteiger partial charge is 0.504 e. The highest BCUT2D eigenvalue weighted by Crippen LogP contribution is 2.26. The van der Waals surface area contributed by atoms with Crippen LogP contribution in [-0.2, 0) is 13.0 Å². The standard InChI is InChI=1S/C16H21N3O2S/c1-12-10-17-11-19(12)7-3-6-18-16(22)9-13-4-5-15(21-2)14(20)8-13/h4-5,8,10-11,20H,3,6-7,9H2,1-2H3,(H,18,22). The number of rotatable bonds is 7. The summed E-state index contributed by atoms with van der Waals surface area (Å²) in [6.45, 7) is 3.78. The second-order valence-corrected chi connectivity index (χ2v) is 5.61. The van der Waals surface area contributed by atoms with Crippen LogP contribution in [0.1, 0.15) is 17.7 Å². The van der Waals surface area contributed by atoms with Crippen molar-refractivity contribution in [1.29, 1.82) is 0 Å². The highest BCUT2D eigenvalue weighted by molar-refractivity contribution is 7.80. The molecule has 2 rings (SSSR count). The molecule has 0 aliphatic rings. The van der Waals surface area contributed by atoms with Gasteiger partial charge in [0.15, 0.2) is 11.5 Å².